The van der Waals surface area contributed by atoms with Crippen LogP contribution in [0.5, 0.6) is 17.2 Å². The topological polar surface area (TPSA) is 103 Å². The lowest BCUT2D eigenvalue weighted by Gasteiger charge is -2.10. The Kier molecular flexibility index (Phi) is 4.03. The number of hydrogen-bond acceptors (Lipinski definition) is 6. The van der Waals surface area contributed by atoms with Crippen LogP contribution in [0, 0.1) is 0 Å². The van der Waals surface area contributed by atoms with Gasteiger partial charge in [-0.25, -0.2) is 4.79 Å². The number of carbonyl (C=O) groups excluding carboxylic acids is 1. The lowest BCUT2D eigenvalue weighted by atomic mass is 10.1. The van der Waals surface area contributed by atoms with Crippen LogP contribution in [0.25, 0.3) is 21.8 Å². The number of nitrogens with one attached hydrogen (secondary N) is 2. The number of aromatic amines is 2. The molecule has 8 heteroatoms. The van der Waals surface area contributed by atoms with E-state index in [1.54, 1.807) is 19.1 Å². The molecule has 0 aliphatic rings. The lowest BCUT2D eigenvalue weighted by Crippen LogP contribution is -2.10. The van der Waals surface area contributed by atoms with E-state index in [9.17, 15) is 9.59 Å². The largest absolute Gasteiger partial charge is 0.513 e. The zero-order valence-electron chi connectivity index (χ0n) is 13.4. The first kappa shape index (κ1) is 15.7. The molecule has 0 aliphatic heterocycles. The number of pyridine rings is 1. The fourth-order valence-electron chi connectivity index (χ4n) is 2.54. The monoisotopic (exact) mass is 332 g/mol. The standard InChI is InChI=1S/C16H16N2O6/c1-4-23-16(20)24-12-7-17-14-13(12)8-5-10(21-2)11(22-3)6-9(8)18-15(14)19/h5-7,17H,4H2,1-3H3,(H,18,19). The van der Waals surface area contributed by atoms with Gasteiger partial charge in [-0.3, -0.25) is 4.79 Å². The third-order valence-electron chi connectivity index (χ3n) is 3.57. The van der Waals surface area contributed by atoms with Gasteiger partial charge in [-0.2, -0.15) is 0 Å². The molecule has 0 aliphatic carbocycles. The molecule has 2 N–H and O–H groups in total. The van der Waals surface area contributed by atoms with Crippen LogP contribution < -0.4 is 19.8 Å². The van der Waals surface area contributed by atoms with Gasteiger partial charge in [0.05, 0.1) is 31.7 Å². The number of benzene rings is 1. The van der Waals surface area contributed by atoms with Crippen LogP contribution in [-0.2, 0) is 4.74 Å². The van der Waals surface area contributed by atoms with Crippen LogP contribution >= 0.6 is 0 Å². The molecule has 0 saturated heterocycles. The van der Waals surface area contributed by atoms with Crippen LogP contribution in [0.4, 0.5) is 4.79 Å². The Hall–Kier alpha value is -3.16. The highest BCUT2D eigenvalue weighted by molar-refractivity contribution is 6.09. The molecular weight excluding hydrogens is 316 g/mol. The summed E-state index contributed by atoms with van der Waals surface area (Å²) < 4.78 is 20.5. The molecule has 0 spiro atoms. The number of rotatable bonds is 4. The minimum Gasteiger partial charge on any atom is -0.493 e. The van der Waals surface area contributed by atoms with E-state index in [0.29, 0.717) is 27.8 Å². The van der Waals surface area contributed by atoms with Gasteiger partial charge in [0.2, 0.25) is 0 Å². The van der Waals surface area contributed by atoms with Crippen molar-refractivity contribution in [3.8, 4) is 17.2 Å². The summed E-state index contributed by atoms with van der Waals surface area (Å²) in [7, 11) is 3.02. The van der Waals surface area contributed by atoms with Crippen molar-refractivity contribution in [2.75, 3.05) is 20.8 Å². The molecule has 8 nitrogen and oxygen atoms in total. The average Bonchev–Trinajstić information content (AvgIpc) is 2.98. The van der Waals surface area contributed by atoms with E-state index in [2.05, 4.69) is 9.97 Å². The van der Waals surface area contributed by atoms with Gasteiger partial charge in [0, 0.05) is 17.6 Å². The summed E-state index contributed by atoms with van der Waals surface area (Å²) in [4.78, 5) is 29.4. The summed E-state index contributed by atoms with van der Waals surface area (Å²) in [6.45, 7) is 1.86. The Morgan fingerprint density at radius 1 is 1.12 bits per heavy atom. The second-order valence-electron chi connectivity index (χ2n) is 4.89. The van der Waals surface area contributed by atoms with Crippen molar-refractivity contribution in [3.63, 3.8) is 0 Å². The predicted molar refractivity (Wildman–Crippen MR) is 87.2 cm³/mol. The normalized spacial score (nSPS) is 10.8. The first-order valence-electron chi connectivity index (χ1n) is 7.22. The molecule has 0 amide bonds. The molecular formula is C16H16N2O6. The van der Waals surface area contributed by atoms with Gasteiger partial charge in [-0.05, 0) is 13.0 Å². The van der Waals surface area contributed by atoms with E-state index >= 15 is 0 Å². The summed E-state index contributed by atoms with van der Waals surface area (Å²) in [6, 6.07) is 3.36. The molecule has 1 aromatic carbocycles. The number of methoxy groups -OCH3 is 2. The molecule has 24 heavy (non-hydrogen) atoms. The first-order chi connectivity index (χ1) is 11.6. The van der Waals surface area contributed by atoms with Crippen molar-refractivity contribution in [2.45, 2.75) is 6.92 Å². The Balaban J connectivity index is 2.29. The Morgan fingerprint density at radius 2 is 1.83 bits per heavy atom. The van der Waals surface area contributed by atoms with Gasteiger partial charge >= 0.3 is 6.16 Å². The Morgan fingerprint density at radius 3 is 2.50 bits per heavy atom. The Bertz CT molecular complexity index is 972. The maximum absolute atomic E-state index is 12.2. The number of aromatic nitrogens is 2. The van der Waals surface area contributed by atoms with Crippen molar-refractivity contribution >= 4 is 28.0 Å². The van der Waals surface area contributed by atoms with Crippen LogP contribution in [0.3, 0.4) is 0 Å². The highest BCUT2D eigenvalue weighted by Gasteiger charge is 2.18. The Labute approximate surface area is 136 Å². The molecule has 0 saturated carbocycles. The van der Waals surface area contributed by atoms with Crippen molar-refractivity contribution < 1.29 is 23.7 Å². The van der Waals surface area contributed by atoms with Gasteiger partial charge < -0.3 is 28.9 Å². The summed E-state index contributed by atoms with van der Waals surface area (Å²) in [5.41, 5.74) is 0.468. The van der Waals surface area contributed by atoms with Crippen LogP contribution in [0.2, 0.25) is 0 Å². The van der Waals surface area contributed by atoms with Crippen LogP contribution in [0.1, 0.15) is 6.92 Å². The maximum Gasteiger partial charge on any atom is 0.513 e. The average molecular weight is 332 g/mol. The molecule has 0 radical (unpaired) electrons. The third-order valence-corrected chi connectivity index (χ3v) is 3.57. The van der Waals surface area contributed by atoms with E-state index in [1.807, 2.05) is 0 Å². The van der Waals surface area contributed by atoms with Gasteiger partial charge in [0.25, 0.3) is 5.56 Å². The molecule has 0 atom stereocenters. The predicted octanol–water partition coefficient (Wildman–Crippen LogP) is 2.56. The maximum atomic E-state index is 12.2. The van der Waals surface area contributed by atoms with Gasteiger partial charge in [0.15, 0.2) is 17.2 Å². The summed E-state index contributed by atoms with van der Waals surface area (Å²) in [6.07, 6.45) is 0.597. The summed E-state index contributed by atoms with van der Waals surface area (Å²) in [5.74, 6) is 1.16. The fraction of sp³-hybridized carbons (Fsp3) is 0.250. The number of carbonyl (C=O) groups is 1. The fourth-order valence-corrected chi connectivity index (χ4v) is 2.54. The number of fused-ring (bicyclic) bond motifs is 3. The molecule has 0 unspecified atom stereocenters. The van der Waals surface area contributed by atoms with Crippen LogP contribution in [-0.4, -0.2) is 36.9 Å². The molecule has 2 heterocycles. The van der Waals surface area contributed by atoms with Gasteiger partial charge in [-0.1, -0.05) is 0 Å². The third kappa shape index (κ3) is 2.51. The van der Waals surface area contributed by atoms with Crippen molar-refractivity contribution in [2.24, 2.45) is 0 Å². The summed E-state index contributed by atoms with van der Waals surface area (Å²) >= 11 is 0. The van der Waals surface area contributed by atoms with E-state index in [-0.39, 0.29) is 23.4 Å². The molecule has 2 aromatic heterocycles. The minimum atomic E-state index is -0.840. The highest BCUT2D eigenvalue weighted by Crippen LogP contribution is 2.37. The molecule has 0 fully saturated rings. The van der Waals surface area contributed by atoms with Crippen molar-refractivity contribution in [3.05, 3.63) is 28.7 Å². The van der Waals surface area contributed by atoms with Crippen molar-refractivity contribution in [1.82, 2.24) is 9.97 Å². The smallest absolute Gasteiger partial charge is 0.493 e. The second-order valence-corrected chi connectivity index (χ2v) is 4.89. The van der Waals surface area contributed by atoms with E-state index < -0.39 is 6.16 Å². The molecule has 3 rings (SSSR count). The molecule has 0 bridgehead atoms. The van der Waals surface area contributed by atoms with Gasteiger partial charge in [0.1, 0.15) is 5.52 Å². The SMILES string of the molecule is CCOC(=O)Oc1c[nH]c2c(=O)[nH]c3cc(OC)c(OC)cc3c12. The highest BCUT2D eigenvalue weighted by atomic mass is 16.7. The second kappa shape index (κ2) is 6.15. The number of H-pyrrole nitrogens is 2. The van der Waals surface area contributed by atoms with E-state index in [4.69, 9.17) is 18.9 Å². The number of hydrogen-bond donors (Lipinski definition) is 2. The molecule has 3 aromatic rings. The summed E-state index contributed by atoms with van der Waals surface area (Å²) in [5, 5.41) is 1.10. The van der Waals surface area contributed by atoms with Gasteiger partial charge in [-0.15, -0.1) is 0 Å². The quantitative estimate of drug-likeness (QED) is 0.712. The minimum absolute atomic E-state index is 0.188. The zero-order chi connectivity index (χ0) is 17.3. The molecule has 126 valence electrons. The van der Waals surface area contributed by atoms with Crippen LogP contribution in [0.15, 0.2) is 23.1 Å². The number of ether oxygens (including phenoxy) is 4. The lowest BCUT2D eigenvalue weighted by molar-refractivity contribution is 0.105. The van der Waals surface area contributed by atoms with Crippen molar-refractivity contribution in [1.29, 1.82) is 0 Å². The van der Waals surface area contributed by atoms with E-state index in [0.717, 1.165) is 0 Å². The zero-order valence-corrected chi connectivity index (χ0v) is 13.4. The first-order valence-corrected chi connectivity index (χ1v) is 7.22. The van der Waals surface area contributed by atoms with E-state index in [1.165, 1.54) is 20.4 Å².